The van der Waals surface area contributed by atoms with E-state index in [2.05, 4.69) is 50.8 Å². The Morgan fingerprint density at radius 1 is 0.895 bits per heavy atom. The maximum absolute atomic E-state index is 2.36. The first-order valence-corrected chi connectivity index (χ1v) is 9.72. The molecule has 1 saturated carbocycles. The predicted octanol–water partition coefficient (Wildman–Crippen LogP) is 5.50. The molecule has 0 heterocycles. The smallest absolute Gasteiger partial charge is 0.358 e. The van der Waals surface area contributed by atoms with Gasteiger partial charge in [-0.1, -0.05) is 52.2 Å². The van der Waals surface area contributed by atoms with Gasteiger partial charge in [-0.25, -0.2) is 12.1 Å². The summed E-state index contributed by atoms with van der Waals surface area (Å²) in [6, 6.07) is 8.69. The van der Waals surface area contributed by atoms with E-state index in [9.17, 15) is 0 Å². The molecule has 1 aliphatic carbocycles. The van der Waals surface area contributed by atoms with Gasteiger partial charge in [-0.3, -0.25) is 0 Å². The van der Waals surface area contributed by atoms with Gasteiger partial charge in [-0.15, -0.1) is 0 Å². The molecule has 0 aliphatic heterocycles. The first-order chi connectivity index (χ1) is 7.00. The van der Waals surface area contributed by atoms with Crippen molar-refractivity contribution < 1.29 is 21.1 Å². The Morgan fingerprint density at radius 3 is 1.42 bits per heavy atom. The van der Waals surface area contributed by atoms with E-state index in [4.69, 9.17) is 0 Å². The molecule has 0 N–H and O–H groups in total. The maximum atomic E-state index is 2.36. The monoisotopic (exact) mass is 461 g/mol. The molecule has 2 heteroatoms. The largest absolute Gasteiger partial charge is 4.00 e. The van der Waals surface area contributed by atoms with E-state index >= 15 is 0 Å². The molecule has 1 aliphatic rings. The van der Waals surface area contributed by atoms with Gasteiger partial charge >= 0.3 is 21.1 Å². The summed E-state index contributed by atoms with van der Waals surface area (Å²) in [7, 11) is -0.981. The fraction of sp³-hybridized carbons (Fsp3) is 0.529. The molecule has 0 radical (unpaired) electrons. The van der Waals surface area contributed by atoms with Crippen LogP contribution in [0.3, 0.4) is 0 Å². The maximum Gasteiger partial charge on any atom is 4.00 e. The van der Waals surface area contributed by atoms with Crippen molar-refractivity contribution >= 4 is 13.3 Å². The van der Waals surface area contributed by atoms with Crippen LogP contribution in [0.4, 0.5) is 0 Å². The molecular weight excluding hydrogens is 427 g/mol. The van der Waals surface area contributed by atoms with Crippen molar-refractivity contribution in [1.29, 1.82) is 0 Å². The molecule has 0 saturated heterocycles. The molecular formula is C17H34PtSi. The van der Waals surface area contributed by atoms with Gasteiger partial charge in [0.15, 0.2) is 0 Å². The van der Waals surface area contributed by atoms with Crippen LogP contribution in [0.5, 0.6) is 0 Å². The molecule has 1 aromatic rings. The summed E-state index contributed by atoms with van der Waals surface area (Å²) in [5.41, 5.74) is 0. The third kappa shape index (κ3) is 11.8. The molecule has 0 nitrogen and oxygen atoms in total. The Bertz CT molecular complexity index is 253. The second-order valence-electron chi connectivity index (χ2n) is 5.81. The Hall–Kier alpha value is 0.255. The van der Waals surface area contributed by atoms with Crippen LogP contribution in [0.25, 0.3) is 0 Å². The van der Waals surface area contributed by atoms with Crippen molar-refractivity contribution in [1.82, 2.24) is 0 Å². The molecule has 1 fully saturated rings. The third-order valence-electron chi connectivity index (χ3n) is 3.17. The summed E-state index contributed by atoms with van der Waals surface area (Å²) in [6.07, 6.45) is 5.95. The second kappa shape index (κ2) is 13.2. The summed E-state index contributed by atoms with van der Waals surface area (Å²) in [5.74, 6) is 1.05. The van der Waals surface area contributed by atoms with Crippen molar-refractivity contribution in [2.24, 2.45) is 5.92 Å². The van der Waals surface area contributed by atoms with E-state index in [-0.39, 0.29) is 43.3 Å². The van der Waals surface area contributed by atoms with Gasteiger partial charge in [0.2, 0.25) is 0 Å². The first kappa shape index (κ1) is 27.6. The van der Waals surface area contributed by atoms with Crippen molar-refractivity contribution in [3.05, 3.63) is 46.5 Å². The summed E-state index contributed by atoms with van der Waals surface area (Å²) in [4.78, 5) is 0. The third-order valence-corrected chi connectivity index (χ3v) is 5.24. The minimum Gasteiger partial charge on any atom is -0.358 e. The average molecular weight is 462 g/mol. The Kier molecular flexibility index (Phi) is 19.2. The molecule has 116 valence electrons. The zero-order valence-corrected chi connectivity index (χ0v) is 17.3. The van der Waals surface area contributed by atoms with Crippen LogP contribution in [0.15, 0.2) is 24.3 Å². The molecule has 2 rings (SSSR count). The van der Waals surface area contributed by atoms with E-state index in [0.717, 1.165) is 5.92 Å². The van der Waals surface area contributed by atoms with Crippen LogP contribution in [-0.4, -0.2) is 8.07 Å². The summed E-state index contributed by atoms with van der Waals surface area (Å²) in [6.45, 7) is 9.43. The normalized spacial score (nSPS) is 13.7. The number of hydrogen-bond donors (Lipinski definition) is 0. The van der Waals surface area contributed by atoms with Crippen LogP contribution in [0, 0.1) is 28.2 Å². The number of hydrogen-bond acceptors (Lipinski definition) is 0. The van der Waals surface area contributed by atoms with E-state index < -0.39 is 8.07 Å². The van der Waals surface area contributed by atoms with Crippen LogP contribution >= 0.6 is 0 Å². The molecule has 0 bridgehead atoms. The van der Waals surface area contributed by atoms with Gasteiger partial charge < -0.3 is 22.3 Å². The predicted molar refractivity (Wildman–Crippen MR) is 91.9 cm³/mol. The molecule has 1 aromatic carbocycles. The topological polar surface area (TPSA) is 0 Å². The first-order valence-electron chi connectivity index (χ1n) is 6.22. The molecule has 0 amide bonds. The Balaban J connectivity index is -0.000000102. The minimum absolute atomic E-state index is 0. The quantitative estimate of drug-likeness (QED) is 0.383. The standard InChI is InChI=1S/C8H13Si.C6H12.3CH3.Pt/c1-9(2,3)8-6-4-5-7-8;1-6-4-2-3-5-6;;;;/h4-7H,1-3H3;6H,2-5H2,1H3;3*1H3;/q-1;;3*-1;+4. The zero-order valence-electron chi connectivity index (χ0n) is 14.0. The van der Waals surface area contributed by atoms with Crippen molar-refractivity contribution in [3.63, 3.8) is 0 Å². The summed E-state index contributed by atoms with van der Waals surface area (Å²) < 4.78 is 0. The van der Waals surface area contributed by atoms with Crippen molar-refractivity contribution in [2.75, 3.05) is 0 Å². The van der Waals surface area contributed by atoms with Crippen LogP contribution in [-0.2, 0) is 21.1 Å². The van der Waals surface area contributed by atoms with Crippen LogP contribution < -0.4 is 5.19 Å². The summed E-state index contributed by atoms with van der Waals surface area (Å²) in [5, 5.41) is 1.56. The SMILES string of the molecule is CC1CCCC1.C[Si](C)(C)[c-]1cccc1.[CH3-].[CH3-].[CH3-].[Pt+4]. The van der Waals surface area contributed by atoms with Crippen LogP contribution in [0.1, 0.15) is 32.6 Å². The van der Waals surface area contributed by atoms with E-state index in [1.165, 1.54) is 25.7 Å². The van der Waals surface area contributed by atoms with E-state index in [1.54, 1.807) is 5.19 Å². The van der Waals surface area contributed by atoms with Gasteiger partial charge in [-0.2, -0.15) is 17.3 Å². The second-order valence-corrected chi connectivity index (χ2v) is 10.9. The van der Waals surface area contributed by atoms with Gasteiger partial charge in [0.25, 0.3) is 0 Å². The van der Waals surface area contributed by atoms with Crippen molar-refractivity contribution in [2.45, 2.75) is 52.2 Å². The van der Waals surface area contributed by atoms with Crippen LogP contribution in [0.2, 0.25) is 19.6 Å². The Labute approximate surface area is 139 Å². The van der Waals surface area contributed by atoms with Gasteiger partial charge in [0, 0.05) is 8.07 Å². The number of rotatable bonds is 1. The molecule has 19 heavy (non-hydrogen) atoms. The van der Waals surface area contributed by atoms with Gasteiger partial charge in [0.05, 0.1) is 0 Å². The molecule has 0 atom stereocenters. The van der Waals surface area contributed by atoms with Gasteiger partial charge in [-0.05, 0) is 5.92 Å². The van der Waals surface area contributed by atoms with Crippen molar-refractivity contribution in [3.8, 4) is 0 Å². The van der Waals surface area contributed by atoms with E-state index in [1.807, 2.05) is 0 Å². The minimum atomic E-state index is -0.981. The fourth-order valence-electron chi connectivity index (χ4n) is 2.00. The molecule has 0 spiro atoms. The average Bonchev–Trinajstić information content (AvgIpc) is 2.73. The Morgan fingerprint density at radius 2 is 1.26 bits per heavy atom. The molecule has 0 aromatic heterocycles. The van der Waals surface area contributed by atoms with E-state index in [0.29, 0.717) is 0 Å². The molecule has 0 unspecified atom stereocenters. The summed E-state index contributed by atoms with van der Waals surface area (Å²) >= 11 is 0. The zero-order chi connectivity index (χ0) is 11.3. The van der Waals surface area contributed by atoms with Gasteiger partial charge in [0.1, 0.15) is 0 Å². The fourth-order valence-corrected chi connectivity index (χ4v) is 3.20.